The van der Waals surface area contributed by atoms with Crippen LogP contribution in [0.3, 0.4) is 0 Å². The summed E-state index contributed by atoms with van der Waals surface area (Å²) in [5, 5.41) is 22.9. The van der Waals surface area contributed by atoms with Gasteiger partial charge in [-0.2, -0.15) is 0 Å². The van der Waals surface area contributed by atoms with E-state index in [9.17, 15) is 14.9 Å². The lowest BCUT2D eigenvalue weighted by atomic mass is 10.2. The number of aryl methyl sites for hydroxylation is 1. The van der Waals surface area contributed by atoms with Gasteiger partial charge in [0.15, 0.2) is 28.6 Å². The first-order chi connectivity index (χ1) is 16.2. The quantitative estimate of drug-likeness (QED) is 0.243. The molecule has 3 rings (SSSR count). The minimum atomic E-state index is -0.469. The molecule has 0 spiro atoms. The van der Waals surface area contributed by atoms with Crippen molar-refractivity contribution in [1.82, 2.24) is 14.8 Å². The molecular formula is C23H27N5O5S. The van der Waals surface area contributed by atoms with E-state index in [4.69, 9.17) is 9.47 Å². The molecule has 0 radical (unpaired) electrons. The third-order valence-corrected chi connectivity index (χ3v) is 5.91. The number of nitro benzene ring substituents is 1. The largest absolute Gasteiger partial charge is 0.493 e. The number of hydrogen-bond donors (Lipinski definition) is 1. The molecule has 1 heterocycles. The van der Waals surface area contributed by atoms with E-state index in [1.165, 1.54) is 30.0 Å². The second kappa shape index (κ2) is 11.0. The Morgan fingerprint density at radius 1 is 1.18 bits per heavy atom. The number of nitrogens with one attached hydrogen (secondary N) is 1. The maximum atomic E-state index is 12.5. The lowest BCUT2D eigenvalue weighted by molar-refractivity contribution is -0.384. The van der Waals surface area contributed by atoms with E-state index in [-0.39, 0.29) is 23.4 Å². The molecule has 0 aliphatic rings. The number of para-hydroxylation sites is 2. The van der Waals surface area contributed by atoms with Crippen LogP contribution in [0, 0.1) is 17.0 Å². The summed E-state index contributed by atoms with van der Waals surface area (Å²) in [6, 6.07) is 11.7. The van der Waals surface area contributed by atoms with Crippen LogP contribution in [-0.4, -0.2) is 38.5 Å². The van der Waals surface area contributed by atoms with Crippen molar-refractivity contribution in [3.63, 3.8) is 0 Å². The zero-order valence-corrected chi connectivity index (χ0v) is 20.5. The van der Waals surface area contributed by atoms with Crippen LogP contribution in [0.15, 0.2) is 47.6 Å². The Kier molecular flexibility index (Phi) is 8.11. The van der Waals surface area contributed by atoms with Gasteiger partial charge in [0, 0.05) is 23.9 Å². The molecule has 0 aliphatic carbocycles. The van der Waals surface area contributed by atoms with Crippen molar-refractivity contribution in [2.75, 3.05) is 18.2 Å². The summed E-state index contributed by atoms with van der Waals surface area (Å²) < 4.78 is 13.4. The second-order valence-corrected chi connectivity index (χ2v) is 8.75. The minimum Gasteiger partial charge on any atom is -0.493 e. The predicted molar refractivity (Wildman–Crippen MR) is 130 cm³/mol. The molecule has 11 heteroatoms. The van der Waals surface area contributed by atoms with Gasteiger partial charge in [0.05, 0.1) is 17.8 Å². The smallest absolute Gasteiger partial charge is 0.269 e. The number of hydrogen-bond acceptors (Lipinski definition) is 8. The third-order valence-electron chi connectivity index (χ3n) is 4.97. The van der Waals surface area contributed by atoms with Crippen LogP contribution in [0.25, 0.3) is 0 Å². The Bertz CT molecular complexity index is 1180. The predicted octanol–water partition coefficient (Wildman–Crippen LogP) is 4.96. The van der Waals surface area contributed by atoms with E-state index < -0.39 is 11.0 Å². The van der Waals surface area contributed by atoms with E-state index >= 15 is 0 Å². The zero-order chi connectivity index (χ0) is 24.8. The van der Waals surface area contributed by atoms with Crippen LogP contribution in [0.4, 0.5) is 11.4 Å². The van der Waals surface area contributed by atoms with Crippen molar-refractivity contribution < 1.29 is 19.2 Å². The summed E-state index contributed by atoms with van der Waals surface area (Å²) in [4.78, 5) is 23.0. The maximum absolute atomic E-state index is 12.5. The van der Waals surface area contributed by atoms with Crippen LogP contribution < -0.4 is 14.8 Å². The van der Waals surface area contributed by atoms with E-state index in [0.29, 0.717) is 33.7 Å². The van der Waals surface area contributed by atoms with Crippen LogP contribution in [0.5, 0.6) is 11.5 Å². The van der Waals surface area contributed by atoms with Crippen molar-refractivity contribution in [1.29, 1.82) is 0 Å². The van der Waals surface area contributed by atoms with E-state index in [1.54, 1.807) is 14.0 Å². The van der Waals surface area contributed by atoms with Gasteiger partial charge in [-0.25, -0.2) is 0 Å². The molecule has 180 valence electrons. The third kappa shape index (κ3) is 5.84. The van der Waals surface area contributed by atoms with Crippen LogP contribution >= 0.6 is 11.8 Å². The van der Waals surface area contributed by atoms with Gasteiger partial charge in [0.2, 0.25) is 5.91 Å². The highest BCUT2D eigenvalue weighted by molar-refractivity contribution is 7.99. The number of amides is 1. The normalized spacial score (nSPS) is 11.8. The number of carbonyl (C=O) groups is 1. The molecule has 1 aromatic heterocycles. The molecular weight excluding hydrogens is 458 g/mol. The summed E-state index contributed by atoms with van der Waals surface area (Å²) in [7, 11) is 1.58. The molecule has 0 bridgehead atoms. The van der Waals surface area contributed by atoms with Gasteiger partial charge < -0.3 is 19.4 Å². The first-order valence-electron chi connectivity index (χ1n) is 10.6. The maximum Gasteiger partial charge on any atom is 0.269 e. The number of ether oxygens (including phenoxy) is 2. The van der Waals surface area contributed by atoms with Gasteiger partial charge in [-0.05, 0) is 51.5 Å². The lowest BCUT2D eigenvalue weighted by Crippen LogP contribution is -2.17. The van der Waals surface area contributed by atoms with Gasteiger partial charge in [-0.1, -0.05) is 23.9 Å². The number of nitrogens with zero attached hydrogens (tertiary/aromatic N) is 4. The molecule has 3 aromatic rings. The molecule has 0 fully saturated rings. The van der Waals surface area contributed by atoms with Crippen LogP contribution in [0.1, 0.15) is 44.3 Å². The number of aromatic nitrogens is 3. The van der Waals surface area contributed by atoms with Crippen molar-refractivity contribution in [3.8, 4) is 11.5 Å². The Balaban J connectivity index is 1.70. The molecule has 0 saturated heterocycles. The lowest BCUT2D eigenvalue weighted by Gasteiger charge is -2.19. The average molecular weight is 486 g/mol. The molecule has 0 aliphatic heterocycles. The Hall–Kier alpha value is -3.60. The van der Waals surface area contributed by atoms with E-state index in [0.717, 1.165) is 0 Å². The van der Waals surface area contributed by atoms with Crippen molar-refractivity contribution in [2.45, 2.75) is 45.0 Å². The molecule has 2 aromatic carbocycles. The van der Waals surface area contributed by atoms with Crippen LogP contribution in [0.2, 0.25) is 0 Å². The summed E-state index contributed by atoms with van der Waals surface area (Å²) in [5.74, 6) is 1.71. The number of benzene rings is 2. The molecule has 34 heavy (non-hydrogen) atoms. The first-order valence-corrected chi connectivity index (χ1v) is 11.6. The number of anilines is 1. The van der Waals surface area contributed by atoms with Gasteiger partial charge >= 0.3 is 0 Å². The topological polar surface area (TPSA) is 121 Å². The summed E-state index contributed by atoms with van der Waals surface area (Å²) >= 11 is 1.26. The SMILES string of the molecule is COc1ccccc1OC(C)c1nnc(SCC(=O)Nc2ccc([N+](=O)[O-])cc2C)n1C(C)C. The average Bonchev–Trinajstić information content (AvgIpc) is 3.24. The number of thioether (sulfide) groups is 1. The number of methoxy groups -OCH3 is 1. The fraction of sp³-hybridized carbons (Fsp3) is 0.348. The monoisotopic (exact) mass is 485 g/mol. The molecule has 1 N–H and O–H groups in total. The first kappa shape index (κ1) is 25.0. The molecule has 0 saturated carbocycles. The fourth-order valence-corrected chi connectivity index (χ4v) is 4.20. The Morgan fingerprint density at radius 2 is 1.88 bits per heavy atom. The molecule has 1 atom stereocenters. The fourth-order valence-electron chi connectivity index (χ4n) is 3.33. The standard InChI is InChI=1S/C23H27N5O5S/c1-14(2)27-22(16(4)33-20-9-7-6-8-19(20)32-5)25-26-23(27)34-13-21(29)24-18-11-10-17(28(30)31)12-15(18)3/h6-12,14,16H,13H2,1-5H3,(H,24,29). The second-order valence-electron chi connectivity index (χ2n) is 7.81. The van der Waals surface area contributed by atoms with E-state index in [1.807, 2.05) is 49.6 Å². The Labute approximate surface area is 201 Å². The number of rotatable bonds is 10. The van der Waals surface area contributed by atoms with E-state index in [2.05, 4.69) is 15.5 Å². The summed E-state index contributed by atoms with van der Waals surface area (Å²) in [6.07, 6.45) is -0.405. The zero-order valence-electron chi connectivity index (χ0n) is 19.6. The number of nitro groups is 1. The van der Waals surface area contributed by atoms with Crippen LogP contribution in [-0.2, 0) is 4.79 Å². The minimum absolute atomic E-state index is 0.0214. The van der Waals surface area contributed by atoms with Gasteiger partial charge in [0.25, 0.3) is 5.69 Å². The van der Waals surface area contributed by atoms with Crippen molar-refractivity contribution in [2.24, 2.45) is 0 Å². The summed E-state index contributed by atoms with van der Waals surface area (Å²) in [5.41, 5.74) is 1.12. The number of carbonyl (C=O) groups excluding carboxylic acids is 1. The van der Waals surface area contributed by atoms with Crippen molar-refractivity contribution >= 4 is 29.0 Å². The highest BCUT2D eigenvalue weighted by Crippen LogP contribution is 2.32. The summed E-state index contributed by atoms with van der Waals surface area (Å²) in [6.45, 7) is 7.61. The van der Waals surface area contributed by atoms with Gasteiger partial charge in [-0.3, -0.25) is 14.9 Å². The molecule has 1 unspecified atom stereocenters. The Morgan fingerprint density at radius 3 is 2.50 bits per heavy atom. The number of non-ortho nitro benzene ring substituents is 1. The highest BCUT2D eigenvalue weighted by Gasteiger charge is 2.23. The van der Waals surface area contributed by atoms with Gasteiger partial charge in [0.1, 0.15) is 0 Å². The molecule has 1 amide bonds. The van der Waals surface area contributed by atoms with Crippen molar-refractivity contribution in [3.05, 3.63) is 64.0 Å². The van der Waals surface area contributed by atoms with Gasteiger partial charge in [-0.15, -0.1) is 10.2 Å². The molecule has 10 nitrogen and oxygen atoms in total. The highest BCUT2D eigenvalue weighted by atomic mass is 32.2.